The van der Waals surface area contributed by atoms with Crippen molar-refractivity contribution in [1.29, 1.82) is 5.26 Å². The average molecular weight is 521 g/mol. The molecule has 0 saturated heterocycles. The topological polar surface area (TPSA) is 112 Å². The third-order valence-electron chi connectivity index (χ3n) is 5.66. The predicted octanol–water partition coefficient (Wildman–Crippen LogP) is 4.52. The molecule has 2 N–H and O–H groups in total. The van der Waals surface area contributed by atoms with Gasteiger partial charge in [0.15, 0.2) is 0 Å². The van der Waals surface area contributed by atoms with Crippen molar-refractivity contribution < 1.29 is 19.1 Å². The first-order valence-corrected chi connectivity index (χ1v) is 13.0. The van der Waals surface area contributed by atoms with Crippen LogP contribution in [0, 0.1) is 11.3 Å². The van der Waals surface area contributed by atoms with Crippen LogP contribution in [0.1, 0.15) is 33.3 Å². The molecule has 0 spiro atoms. The van der Waals surface area contributed by atoms with Gasteiger partial charge in [0.2, 0.25) is 11.8 Å². The SMILES string of the molecule is COc1cccc(C(=O)Nc2cccc(SCC(=O)Nc3sc4c(c3C#N)CCN(C(C)=O)C4)c2)c1. The van der Waals surface area contributed by atoms with Crippen molar-refractivity contribution >= 4 is 51.5 Å². The first-order chi connectivity index (χ1) is 17.4. The molecule has 2 aromatic carbocycles. The van der Waals surface area contributed by atoms with Gasteiger partial charge in [0.1, 0.15) is 16.8 Å². The van der Waals surface area contributed by atoms with E-state index in [4.69, 9.17) is 4.74 Å². The minimum atomic E-state index is -0.261. The van der Waals surface area contributed by atoms with Crippen molar-refractivity contribution in [3.63, 3.8) is 0 Å². The summed E-state index contributed by atoms with van der Waals surface area (Å²) in [5.41, 5.74) is 2.49. The number of nitrogens with zero attached hydrogens (tertiary/aromatic N) is 2. The van der Waals surface area contributed by atoms with Crippen molar-refractivity contribution in [2.24, 2.45) is 0 Å². The maximum absolute atomic E-state index is 12.7. The molecule has 0 atom stereocenters. The van der Waals surface area contributed by atoms with Gasteiger partial charge >= 0.3 is 0 Å². The minimum absolute atomic E-state index is 0.00328. The summed E-state index contributed by atoms with van der Waals surface area (Å²) in [7, 11) is 1.55. The number of nitriles is 1. The lowest BCUT2D eigenvalue weighted by Gasteiger charge is -2.25. The highest BCUT2D eigenvalue weighted by atomic mass is 32.2. The number of hydrogen-bond acceptors (Lipinski definition) is 7. The van der Waals surface area contributed by atoms with Gasteiger partial charge in [0.25, 0.3) is 5.91 Å². The molecule has 1 aromatic heterocycles. The molecule has 0 radical (unpaired) electrons. The fraction of sp³-hybridized carbons (Fsp3) is 0.231. The van der Waals surface area contributed by atoms with Crippen LogP contribution in [0.25, 0.3) is 0 Å². The summed E-state index contributed by atoms with van der Waals surface area (Å²) in [6.07, 6.45) is 0.604. The third-order valence-corrected chi connectivity index (χ3v) is 7.79. The zero-order chi connectivity index (χ0) is 25.7. The second-order valence-corrected chi connectivity index (χ2v) is 10.2. The number of thiophene rings is 1. The summed E-state index contributed by atoms with van der Waals surface area (Å²) in [6, 6.07) is 16.3. The number of anilines is 2. The van der Waals surface area contributed by atoms with Crippen LogP contribution < -0.4 is 15.4 Å². The van der Waals surface area contributed by atoms with E-state index in [1.54, 1.807) is 48.4 Å². The second kappa shape index (κ2) is 11.3. The molecule has 3 aromatic rings. The van der Waals surface area contributed by atoms with E-state index in [1.807, 2.05) is 12.1 Å². The molecule has 0 saturated carbocycles. The molecule has 0 fully saturated rings. The third kappa shape index (κ3) is 5.87. The van der Waals surface area contributed by atoms with E-state index < -0.39 is 0 Å². The fourth-order valence-electron chi connectivity index (χ4n) is 3.82. The molecular weight excluding hydrogens is 496 g/mol. The Balaban J connectivity index is 1.37. The van der Waals surface area contributed by atoms with Crippen LogP contribution in [0.15, 0.2) is 53.4 Å². The van der Waals surface area contributed by atoms with Crippen molar-refractivity contribution in [1.82, 2.24) is 4.90 Å². The van der Waals surface area contributed by atoms with Crippen molar-refractivity contribution in [2.45, 2.75) is 24.8 Å². The summed E-state index contributed by atoms with van der Waals surface area (Å²) in [4.78, 5) is 40.5. The molecule has 184 valence electrons. The minimum Gasteiger partial charge on any atom is -0.497 e. The zero-order valence-electron chi connectivity index (χ0n) is 19.8. The molecule has 0 unspecified atom stereocenters. The van der Waals surface area contributed by atoms with Gasteiger partial charge < -0.3 is 20.3 Å². The normalized spacial score (nSPS) is 12.3. The number of rotatable bonds is 7. The Labute approximate surface area is 217 Å². The van der Waals surface area contributed by atoms with Gasteiger partial charge in [-0.25, -0.2) is 0 Å². The number of hydrogen-bond donors (Lipinski definition) is 2. The molecule has 2 heterocycles. The number of benzene rings is 2. The standard InChI is InChI=1S/C26H24N4O4S2/c1-16(31)30-10-9-21-22(13-27)26(36-23(21)14-30)29-24(32)15-35-20-8-4-6-18(12-20)28-25(33)17-5-3-7-19(11-17)34-2/h3-8,11-12H,9-10,14-15H2,1-2H3,(H,28,33)(H,29,32). The van der Waals surface area contributed by atoms with Crippen LogP contribution in [0.4, 0.5) is 10.7 Å². The number of nitrogens with one attached hydrogen (secondary N) is 2. The van der Waals surface area contributed by atoms with Gasteiger partial charge in [-0.15, -0.1) is 23.1 Å². The van der Waals surface area contributed by atoms with E-state index in [9.17, 15) is 19.6 Å². The number of ether oxygens (including phenoxy) is 1. The molecule has 10 heteroatoms. The molecule has 1 aliphatic rings. The highest BCUT2D eigenvalue weighted by Gasteiger charge is 2.26. The van der Waals surface area contributed by atoms with Crippen molar-refractivity contribution in [3.8, 4) is 11.8 Å². The zero-order valence-corrected chi connectivity index (χ0v) is 21.4. The monoisotopic (exact) mass is 520 g/mol. The molecule has 8 nitrogen and oxygen atoms in total. The Morgan fingerprint density at radius 2 is 1.97 bits per heavy atom. The van der Waals surface area contributed by atoms with Crippen LogP contribution in [0.2, 0.25) is 0 Å². The maximum atomic E-state index is 12.7. The summed E-state index contributed by atoms with van der Waals surface area (Å²) in [5.74, 6) is 0.240. The van der Waals surface area contributed by atoms with Gasteiger partial charge in [0.05, 0.1) is 25.0 Å². The van der Waals surface area contributed by atoms with E-state index in [2.05, 4.69) is 16.7 Å². The summed E-state index contributed by atoms with van der Waals surface area (Å²) in [5, 5.41) is 15.9. The Kier molecular flexibility index (Phi) is 7.93. The van der Waals surface area contributed by atoms with Crippen LogP contribution in [0.5, 0.6) is 5.75 Å². The van der Waals surface area contributed by atoms with Crippen molar-refractivity contribution in [3.05, 3.63) is 70.1 Å². The largest absolute Gasteiger partial charge is 0.497 e. The molecule has 0 aliphatic carbocycles. The van der Waals surface area contributed by atoms with E-state index in [-0.39, 0.29) is 23.5 Å². The first kappa shape index (κ1) is 25.3. The summed E-state index contributed by atoms with van der Waals surface area (Å²) < 4.78 is 5.17. The quantitative estimate of drug-likeness (QED) is 0.443. The van der Waals surface area contributed by atoms with E-state index in [0.717, 1.165) is 15.3 Å². The van der Waals surface area contributed by atoms with Crippen LogP contribution in [-0.4, -0.2) is 42.0 Å². The Morgan fingerprint density at radius 3 is 2.72 bits per heavy atom. The Hall–Kier alpha value is -3.81. The lowest BCUT2D eigenvalue weighted by atomic mass is 10.0. The molecule has 4 rings (SSSR count). The van der Waals surface area contributed by atoms with Crippen LogP contribution >= 0.6 is 23.1 Å². The van der Waals surface area contributed by atoms with Gasteiger partial charge in [-0.3, -0.25) is 14.4 Å². The van der Waals surface area contributed by atoms with Gasteiger partial charge in [-0.1, -0.05) is 12.1 Å². The van der Waals surface area contributed by atoms with E-state index in [1.165, 1.54) is 30.0 Å². The number of amides is 3. The van der Waals surface area contributed by atoms with Crippen LogP contribution in [-0.2, 0) is 22.6 Å². The van der Waals surface area contributed by atoms with Crippen molar-refractivity contribution in [2.75, 3.05) is 30.0 Å². The number of methoxy groups -OCH3 is 1. The summed E-state index contributed by atoms with van der Waals surface area (Å²) >= 11 is 2.68. The molecular formula is C26H24N4O4S2. The number of carbonyl (C=O) groups excluding carboxylic acids is 3. The smallest absolute Gasteiger partial charge is 0.255 e. The van der Waals surface area contributed by atoms with Gasteiger partial charge in [0, 0.05) is 34.5 Å². The second-order valence-electron chi connectivity index (χ2n) is 8.06. The van der Waals surface area contributed by atoms with E-state index >= 15 is 0 Å². The summed E-state index contributed by atoms with van der Waals surface area (Å²) in [6.45, 7) is 2.56. The van der Waals surface area contributed by atoms with Gasteiger partial charge in [-0.05, 0) is 48.4 Å². The molecule has 3 amide bonds. The molecule has 0 bridgehead atoms. The lowest BCUT2D eigenvalue weighted by Crippen LogP contribution is -2.33. The maximum Gasteiger partial charge on any atom is 0.255 e. The predicted molar refractivity (Wildman–Crippen MR) is 141 cm³/mol. The van der Waals surface area contributed by atoms with E-state index in [0.29, 0.717) is 47.1 Å². The highest BCUT2D eigenvalue weighted by Crippen LogP contribution is 2.37. The average Bonchev–Trinajstić information content (AvgIpc) is 3.23. The number of thioether (sulfide) groups is 1. The fourth-order valence-corrected chi connectivity index (χ4v) is 5.81. The number of carbonyl (C=O) groups is 3. The first-order valence-electron chi connectivity index (χ1n) is 11.2. The highest BCUT2D eigenvalue weighted by molar-refractivity contribution is 8.00. The Bertz CT molecular complexity index is 1360. The molecule has 36 heavy (non-hydrogen) atoms. The Morgan fingerprint density at radius 1 is 1.17 bits per heavy atom. The molecule has 1 aliphatic heterocycles. The van der Waals surface area contributed by atoms with Crippen LogP contribution in [0.3, 0.4) is 0 Å². The lowest BCUT2D eigenvalue weighted by molar-refractivity contribution is -0.129. The number of fused-ring (bicyclic) bond motifs is 1. The van der Waals surface area contributed by atoms with Gasteiger partial charge in [-0.2, -0.15) is 5.26 Å².